The van der Waals surface area contributed by atoms with E-state index in [1.807, 2.05) is 43.2 Å². The van der Waals surface area contributed by atoms with Crippen LogP contribution in [0, 0.1) is 12.7 Å². The molecule has 3 heterocycles. The number of halogens is 1. The van der Waals surface area contributed by atoms with E-state index >= 15 is 0 Å². The van der Waals surface area contributed by atoms with Crippen molar-refractivity contribution in [2.75, 3.05) is 31.6 Å². The maximum Gasteiger partial charge on any atom is 0.123 e. The Kier molecular flexibility index (Phi) is 8.05. The first kappa shape index (κ1) is 23.8. The maximum absolute atomic E-state index is 13.7. The molecule has 3 nitrogen and oxygen atoms in total. The molecule has 1 aliphatic rings. The molecule has 0 radical (unpaired) electrons. The Hall–Kier alpha value is -2.37. The van der Waals surface area contributed by atoms with E-state index in [9.17, 15) is 4.39 Å². The molecule has 0 aliphatic carbocycles. The van der Waals surface area contributed by atoms with Crippen molar-refractivity contribution in [1.29, 1.82) is 0 Å². The lowest BCUT2D eigenvalue weighted by Crippen LogP contribution is -2.33. The van der Waals surface area contributed by atoms with Crippen LogP contribution in [0.4, 0.5) is 4.39 Å². The molecule has 2 aromatic heterocycles. The molecule has 1 fully saturated rings. The van der Waals surface area contributed by atoms with Crippen LogP contribution in [0.3, 0.4) is 0 Å². The highest BCUT2D eigenvalue weighted by Crippen LogP contribution is 2.36. The van der Waals surface area contributed by atoms with Crippen molar-refractivity contribution in [1.82, 2.24) is 14.5 Å². The topological polar surface area (TPSA) is 21.1 Å². The number of fused-ring (bicyclic) bond motifs is 1. The number of nitrogens with zero attached hydrogens (tertiary/aromatic N) is 3. The van der Waals surface area contributed by atoms with Crippen molar-refractivity contribution in [2.45, 2.75) is 38.5 Å². The molecule has 0 unspecified atom stereocenters. The fourth-order valence-electron chi connectivity index (χ4n) is 4.97. The van der Waals surface area contributed by atoms with E-state index in [4.69, 9.17) is 0 Å². The summed E-state index contributed by atoms with van der Waals surface area (Å²) in [6.07, 6.45) is 17.0. The molecule has 0 N–H and O–H groups in total. The van der Waals surface area contributed by atoms with Gasteiger partial charge < -0.3 is 9.47 Å². The largest absolute Gasteiger partial charge is 0.315 e. The first-order chi connectivity index (χ1) is 16.1. The average Bonchev–Trinajstić information content (AvgIpc) is 3.21. The number of benzene rings is 1. The van der Waals surface area contributed by atoms with Gasteiger partial charge in [-0.1, -0.05) is 24.3 Å². The molecule has 0 amide bonds. The average molecular weight is 464 g/mol. The third kappa shape index (κ3) is 5.59. The molecule has 4 rings (SSSR count). The summed E-state index contributed by atoms with van der Waals surface area (Å²) in [6, 6.07) is 7.14. The van der Waals surface area contributed by atoms with Crippen molar-refractivity contribution in [2.24, 2.45) is 0 Å². The number of hydrogen-bond acceptors (Lipinski definition) is 3. The molecular formula is C28H34FN3S. The second kappa shape index (κ2) is 11.2. The number of hydrogen-bond donors (Lipinski definition) is 0. The summed E-state index contributed by atoms with van der Waals surface area (Å²) in [5, 5.41) is 1.26. The van der Waals surface area contributed by atoms with Crippen LogP contribution >= 0.6 is 11.8 Å². The van der Waals surface area contributed by atoms with Crippen LogP contribution in [0.15, 0.2) is 67.2 Å². The van der Waals surface area contributed by atoms with Gasteiger partial charge in [-0.15, -0.1) is 0 Å². The second-order valence-electron chi connectivity index (χ2n) is 8.95. The molecule has 0 atom stereocenters. The number of allylic oxidation sites excluding steroid dienone is 2. The molecule has 33 heavy (non-hydrogen) atoms. The van der Waals surface area contributed by atoms with Crippen LogP contribution in [-0.4, -0.2) is 46.1 Å². The van der Waals surface area contributed by atoms with Crippen molar-refractivity contribution < 1.29 is 4.39 Å². The van der Waals surface area contributed by atoms with E-state index in [0.717, 1.165) is 62.1 Å². The molecule has 5 heteroatoms. The van der Waals surface area contributed by atoms with Gasteiger partial charge in [0.2, 0.25) is 0 Å². The van der Waals surface area contributed by atoms with Gasteiger partial charge in [0.15, 0.2) is 0 Å². The van der Waals surface area contributed by atoms with Crippen molar-refractivity contribution in [3.8, 4) is 5.69 Å². The van der Waals surface area contributed by atoms with Crippen molar-refractivity contribution in [3.63, 3.8) is 0 Å². The number of aryl methyl sites for hydroxylation is 1. The highest BCUT2D eigenvalue weighted by atomic mass is 32.2. The predicted octanol–water partition coefficient (Wildman–Crippen LogP) is 6.91. The molecule has 1 saturated heterocycles. The standard InChI is InChI=1S/C28H34FN3S/c1-4-5-22(12-17-33-3)9-14-31-15-10-23(11-16-31)26-20-32(28-19-30-13-8-25(26)28)27-7-6-24(29)18-21(27)2/h4-8,13,18-20,23H,1,9-12,14-17H2,2-3H3/b22-5-. The molecule has 0 saturated carbocycles. The fourth-order valence-corrected chi connectivity index (χ4v) is 5.44. The first-order valence-corrected chi connectivity index (χ1v) is 13.2. The zero-order chi connectivity index (χ0) is 23.2. The highest BCUT2D eigenvalue weighted by molar-refractivity contribution is 7.98. The van der Waals surface area contributed by atoms with Crippen LogP contribution in [0.1, 0.15) is 42.7 Å². The van der Waals surface area contributed by atoms with Crippen molar-refractivity contribution in [3.05, 3.63) is 84.1 Å². The summed E-state index contributed by atoms with van der Waals surface area (Å²) in [6.45, 7) is 9.23. The molecule has 1 aromatic carbocycles. The second-order valence-corrected chi connectivity index (χ2v) is 9.93. The zero-order valence-electron chi connectivity index (χ0n) is 19.8. The van der Waals surface area contributed by atoms with Crippen LogP contribution in [-0.2, 0) is 0 Å². The minimum absolute atomic E-state index is 0.196. The van der Waals surface area contributed by atoms with Gasteiger partial charge in [0.1, 0.15) is 5.82 Å². The molecular weight excluding hydrogens is 429 g/mol. The van der Waals surface area contributed by atoms with Gasteiger partial charge >= 0.3 is 0 Å². The molecule has 174 valence electrons. The number of likely N-dealkylation sites (tertiary alicyclic amines) is 1. The quantitative estimate of drug-likeness (QED) is 0.322. The lowest BCUT2D eigenvalue weighted by Gasteiger charge is -2.32. The van der Waals surface area contributed by atoms with Crippen molar-refractivity contribution >= 4 is 22.7 Å². The van der Waals surface area contributed by atoms with E-state index in [2.05, 4.69) is 45.6 Å². The Morgan fingerprint density at radius 1 is 1.24 bits per heavy atom. The summed E-state index contributed by atoms with van der Waals surface area (Å²) in [5.74, 6) is 1.51. The number of rotatable bonds is 9. The van der Waals surface area contributed by atoms with Gasteiger partial charge in [-0.3, -0.25) is 4.98 Å². The summed E-state index contributed by atoms with van der Waals surface area (Å²) >= 11 is 1.90. The van der Waals surface area contributed by atoms with E-state index in [1.165, 1.54) is 28.3 Å². The van der Waals surface area contributed by atoms with Crippen LogP contribution in [0.25, 0.3) is 16.6 Å². The number of pyridine rings is 1. The lowest BCUT2D eigenvalue weighted by molar-refractivity contribution is 0.214. The normalized spacial score (nSPS) is 15.9. The maximum atomic E-state index is 13.7. The SMILES string of the molecule is C=C/C=C(\CCSC)CCN1CCC(c2cn(-c3ccc(F)cc3C)c3cnccc23)CC1. The van der Waals surface area contributed by atoms with E-state index in [-0.39, 0.29) is 5.82 Å². The molecule has 3 aromatic rings. The summed E-state index contributed by atoms with van der Waals surface area (Å²) < 4.78 is 15.9. The van der Waals surface area contributed by atoms with Gasteiger partial charge in [-0.2, -0.15) is 11.8 Å². The summed E-state index contributed by atoms with van der Waals surface area (Å²) in [5.41, 5.74) is 5.94. The zero-order valence-corrected chi connectivity index (χ0v) is 20.6. The van der Waals surface area contributed by atoms with Gasteiger partial charge in [-0.05, 0) is 99.0 Å². The number of piperidine rings is 1. The number of thioether (sulfide) groups is 1. The van der Waals surface area contributed by atoms with Crippen LogP contribution in [0.5, 0.6) is 0 Å². The Bertz CT molecular complexity index is 1130. The first-order valence-electron chi connectivity index (χ1n) is 11.8. The third-order valence-corrected chi connectivity index (χ3v) is 7.43. The van der Waals surface area contributed by atoms with Gasteiger partial charge in [0.25, 0.3) is 0 Å². The Labute approximate surface area is 201 Å². The van der Waals surface area contributed by atoms with Gasteiger partial charge in [0, 0.05) is 30.0 Å². The fraction of sp³-hybridized carbons (Fsp3) is 0.393. The Balaban J connectivity index is 1.48. The Morgan fingerprint density at radius 2 is 2.06 bits per heavy atom. The molecule has 1 aliphatic heterocycles. The monoisotopic (exact) mass is 463 g/mol. The van der Waals surface area contributed by atoms with E-state index < -0.39 is 0 Å². The van der Waals surface area contributed by atoms with E-state index in [0.29, 0.717) is 5.92 Å². The van der Waals surface area contributed by atoms with Crippen LogP contribution in [0.2, 0.25) is 0 Å². The third-order valence-electron chi connectivity index (χ3n) is 6.81. The molecule has 0 bridgehead atoms. The minimum Gasteiger partial charge on any atom is -0.315 e. The minimum atomic E-state index is -0.196. The smallest absolute Gasteiger partial charge is 0.123 e. The van der Waals surface area contributed by atoms with E-state index in [1.54, 1.807) is 6.07 Å². The van der Waals surface area contributed by atoms with Crippen LogP contribution < -0.4 is 0 Å². The summed E-state index contributed by atoms with van der Waals surface area (Å²) in [7, 11) is 0. The molecule has 0 spiro atoms. The lowest BCUT2D eigenvalue weighted by atomic mass is 9.89. The van der Waals surface area contributed by atoms with Gasteiger partial charge in [-0.25, -0.2) is 4.39 Å². The van der Waals surface area contributed by atoms with Gasteiger partial charge in [0.05, 0.1) is 11.7 Å². The Morgan fingerprint density at radius 3 is 2.79 bits per heavy atom. The number of aromatic nitrogens is 2. The summed E-state index contributed by atoms with van der Waals surface area (Å²) in [4.78, 5) is 6.99. The predicted molar refractivity (Wildman–Crippen MR) is 140 cm³/mol. The highest BCUT2D eigenvalue weighted by Gasteiger charge is 2.24.